The molecule has 0 aromatic carbocycles. The standard InChI is InChI=1S/C12H21NO2/c1-4-5-6-9-13(11(2)3)10-7-8-12(14)15/h1,11H,5-10H2,2-3H3,(H,14,15). The number of hydrogen-bond acceptors (Lipinski definition) is 2. The summed E-state index contributed by atoms with van der Waals surface area (Å²) in [6.45, 7) is 6.04. The first-order valence-corrected chi connectivity index (χ1v) is 5.47. The molecule has 0 rings (SSSR count). The summed E-state index contributed by atoms with van der Waals surface area (Å²) in [6.07, 6.45) is 7.93. The molecule has 0 heterocycles. The molecule has 15 heavy (non-hydrogen) atoms. The molecule has 0 aliphatic rings. The highest BCUT2D eigenvalue weighted by Crippen LogP contribution is 2.04. The third kappa shape index (κ3) is 8.02. The Morgan fingerprint density at radius 1 is 1.40 bits per heavy atom. The summed E-state index contributed by atoms with van der Waals surface area (Å²) in [5.41, 5.74) is 0. The number of nitrogens with zero attached hydrogens (tertiary/aromatic N) is 1. The lowest BCUT2D eigenvalue weighted by atomic mass is 10.2. The molecule has 0 saturated heterocycles. The number of terminal acetylenes is 1. The van der Waals surface area contributed by atoms with Crippen LogP contribution in [0.3, 0.4) is 0 Å². The van der Waals surface area contributed by atoms with Gasteiger partial charge in [-0.15, -0.1) is 12.3 Å². The number of rotatable bonds is 8. The second-order valence-electron chi connectivity index (χ2n) is 3.93. The van der Waals surface area contributed by atoms with Gasteiger partial charge in [-0.3, -0.25) is 4.79 Å². The Bertz CT molecular complexity index is 218. The molecule has 1 N–H and O–H groups in total. The van der Waals surface area contributed by atoms with Gasteiger partial charge in [0.1, 0.15) is 0 Å². The summed E-state index contributed by atoms with van der Waals surface area (Å²) < 4.78 is 0. The van der Waals surface area contributed by atoms with Crippen LogP contribution in [0.15, 0.2) is 0 Å². The molecule has 0 aliphatic heterocycles. The van der Waals surface area contributed by atoms with Gasteiger partial charge in [-0.25, -0.2) is 0 Å². The van der Waals surface area contributed by atoms with Crippen molar-refractivity contribution in [3.05, 3.63) is 0 Å². The summed E-state index contributed by atoms with van der Waals surface area (Å²) in [6, 6.07) is 0.455. The fraction of sp³-hybridized carbons (Fsp3) is 0.750. The summed E-state index contributed by atoms with van der Waals surface area (Å²) in [7, 11) is 0. The summed E-state index contributed by atoms with van der Waals surface area (Å²) in [4.78, 5) is 12.6. The van der Waals surface area contributed by atoms with Gasteiger partial charge in [0.15, 0.2) is 0 Å². The summed E-state index contributed by atoms with van der Waals surface area (Å²) in [5, 5.41) is 8.53. The first-order valence-electron chi connectivity index (χ1n) is 5.47. The van der Waals surface area contributed by atoms with Gasteiger partial charge in [0.25, 0.3) is 0 Å². The Kier molecular flexibility index (Phi) is 7.75. The van der Waals surface area contributed by atoms with E-state index in [0.717, 1.165) is 25.9 Å². The number of carbonyl (C=O) groups is 1. The van der Waals surface area contributed by atoms with E-state index >= 15 is 0 Å². The second kappa shape index (κ2) is 8.31. The fourth-order valence-corrected chi connectivity index (χ4v) is 1.45. The monoisotopic (exact) mass is 211 g/mol. The predicted octanol–water partition coefficient (Wildman–Crippen LogP) is 1.98. The lowest BCUT2D eigenvalue weighted by Gasteiger charge is -2.25. The second-order valence-corrected chi connectivity index (χ2v) is 3.93. The van der Waals surface area contributed by atoms with E-state index in [4.69, 9.17) is 11.5 Å². The Labute approximate surface area is 92.5 Å². The van der Waals surface area contributed by atoms with Crippen LogP contribution in [0, 0.1) is 12.3 Å². The highest BCUT2D eigenvalue weighted by molar-refractivity contribution is 5.66. The molecule has 0 amide bonds. The van der Waals surface area contributed by atoms with E-state index in [1.165, 1.54) is 0 Å². The lowest BCUT2D eigenvalue weighted by Crippen LogP contribution is -2.33. The number of carboxylic acids is 1. The molecule has 0 radical (unpaired) electrons. The van der Waals surface area contributed by atoms with Crippen molar-refractivity contribution in [2.75, 3.05) is 13.1 Å². The minimum absolute atomic E-state index is 0.248. The van der Waals surface area contributed by atoms with Crippen molar-refractivity contribution in [1.29, 1.82) is 0 Å². The van der Waals surface area contributed by atoms with E-state index in [1.54, 1.807) is 0 Å². The average molecular weight is 211 g/mol. The normalized spacial score (nSPS) is 10.6. The van der Waals surface area contributed by atoms with Crippen molar-refractivity contribution in [1.82, 2.24) is 4.90 Å². The third-order valence-corrected chi connectivity index (χ3v) is 2.33. The Morgan fingerprint density at radius 2 is 2.00 bits per heavy atom. The van der Waals surface area contributed by atoms with E-state index < -0.39 is 5.97 Å². The Morgan fingerprint density at radius 3 is 2.47 bits per heavy atom. The van der Waals surface area contributed by atoms with E-state index in [1.807, 2.05) is 0 Å². The topological polar surface area (TPSA) is 40.5 Å². The van der Waals surface area contributed by atoms with Crippen LogP contribution < -0.4 is 0 Å². The molecule has 0 fully saturated rings. The van der Waals surface area contributed by atoms with Gasteiger partial charge < -0.3 is 10.0 Å². The van der Waals surface area contributed by atoms with Gasteiger partial charge in [0.2, 0.25) is 0 Å². The summed E-state index contributed by atoms with van der Waals surface area (Å²) >= 11 is 0. The molecule has 86 valence electrons. The predicted molar refractivity (Wildman–Crippen MR) is 61.6 cm³/mol. The van der Waals surface area contributed by atoms with Gasteiger partial charge in [0.05, 0.1) is 0 Å². The van der Waals surface area contributed by atoms with Crippen LogP contribution in [0.25, 0.3) is 0 Å². The van der Waals surface area contributed by atoms with Crippen LogP contribution in [-0.2, 0) is 4.79 Å². The molecule has 3 heteroatoms. The van der Waals surface area contributed by atoms with Crippen LogP contribution in [0.1, 0.15) is 39.5 Å². The first-order chi connectivity index (χ1) is 7.07. The molecular formula is C12H21NO2. The van der Waals surface area contributed by atoms with E-state index in [9.17, 15) is 4.79 Å². The highest BCUT2D eigenvalue weighted by Gasteiger charge is 2.09. The Balaban J connectivity index is 3.74. The zero-order valence-corrected chi connectivity index (χ0v) is 9.70. The van der Waals surface area contributed by atoms with Crippen LogP contribution in [-0.4, -0.2) is 35.1 Å². The van der Waals surface area contributed by atoms with Crippen LogP contribution in [0.5, 0.6) is 0 Å². The number of hydrogen-bond donors (Lipinski definition) is 1. The first kappa shape index (κ1) is 14.0. The molecule has 0 aromatic heterocycles. The maximum atomic E-state index is 10.4. The molecule has 0 spiro atoms. The minimum Gasteiger partial charge on any atom is -0.481 e. The van der Waals surface area contributed by atoms with E-state index in [2.05, 4.69) is 24.7 Å². The van der Waals surface area contributed by atoms with Gasteiger partial charge in [-0.1, -0.05) is 0 Å². The maximum absolute atomic E-state index is 10.4. The molecule has 0 bridgehead atoms. The van der Waals surface area contributed by atoms with E-state index in [-0.39, 0.29) is 6.42 Å². The molecule has 0 saturated carbocycles. The summed E-state index contributed by atoms with van der Waals surface area (Å²) in [5.74, 6) is 1.90. The highest BCUT2D eigenvalue weighted by atomic mass is 16.4. The molecule has 0 aliphatic carbocycles. The Hall–Kier alpha value is -1.01. The quantitative estimate of drug-likeness (QED) is 0.493. The number of aliphatic carboxylic acids is 1. The van der Waals surface area contributed by atoms with Crippen molar-refractivity contribution < 1.29 is 9.90 Å². The number of unbranched alkanes of at least 4 members (excludes halogenated alkanes) is 1. The van der Waals surface area contributed by atoms with Crippen molar-refractivity contribution >= 4 is 5.97 Å². The zero-order valence-electron chi connectivity index (χ0n) is 9.70. The molecule has 0 unspecified atom stereocenters. The molecular weight excluding hydrogens is 190 g/mol. The van der Waals surface area contributed by atoms with Crippen LogP contribution in [0.2, 0.25) is 0 Å². The van der Waals surface area contributed by atoms with Gasteiger partial charge in [-0.05, 0) is 39.8 Å². The van der Waals surface area contributed by atoms with Crippen LogP contribution in [0.4, 0.5) is 0 Å². The zero-order chi connectivity index (χ0) is 11.7. The molecule has 0 atom stereocenters. The van der Waals surface area contributed by atoms with Gasteiger partial charge in [-0.2, -0.15) is 0 Å². The van der Waals surface area contributed by atoms with Gasteiger partial charge >= 0.3 is 5.97 Å². The average Bonchev–Trinajstić information content (AvgIpc) is 2.15. The van der Waals surface area contributed by atoms with Crippen molar-refractivity contribution in [3.8, 4) is 12.3 Å². The SMILES string of the molecule is C#CCCCN(CCCC(=O)O)C(C)C. The minimum atomic E-state index is -0.720. The molecule has 3 nitrogen and oxygen atoms in total. The van der Waals surface area contributed by atoms with Crippen molar-refractivity contribution in [2.45, 2.75) is 45.6 Å². The number of carboxylic acid groups (broad SMARTS) is 1. The maximum Gasteiger partial charge on any atom is 0.303 e. The lowest BCUT2D eigenvalue weighted by molar-refractivity contribution is -0.137. The third-order valence-electron chi connectivity index (χ3n) is 2.33. The van der Waals surface area contributed by atoms with Gasteiger partial charge in [0, 0.05) is 18.9 Å². The van der Waals surface area contributed by atoms with Crippen molar-refractivity contribution in [3.63, 3.8) is 0 Å². The van der Waals surface area contributed by atoms with E-state index in [0.29, 0.717) is 12.5 Å². The van der Waals surface area contributed by atoms with Crippen LogP contribution >= 0.6 is 0 Å². The van der Waals surface area contributed by atoms with Crippen molar-refractivity contribution in [2.24, 2.45) is 0 Å². The fourth-order valence-electron chi connectivity index (χ4n) is 1.45. The largest absolute Gasteiger partial charge is 0.481 e. The molecule has 0 aromatic rings. The smallest absolute Gasteiger partial charge is 0.303 e.